The topological polar surface area (TPSA) is 103 Å². The fourth-order valence-corrected chi connectivity index (χ4v) is 4.47. The minimum atomic E-state index is 0.200. The average Bonchev–Trinajstić information content (AvgIpc) is 3.38. The van der Waals surface area contributed by atoms with Crippen LogP contribution in [0.1, 0.15) is 64.5 Å². The van der Waals surface area contributed by atoms with Crippen molar-refractivity contribution < 1.29 is 13.9 Å². The smallest absolute Gasteiger partial charge is 0.135 e. The fraction of sp³-hybridized carbons (Fsp3) is 0.353. The van der Waals surface area contributed by atoms with E-state index in [1.54, 1.807) is 0 Å². The van der Waals surface area contributed by atoms with E-state index in [0.717, 1.165) is 70.6 Å². The molecule has 0 atom stereocenters. The highest BCUT2D eigenvalue weighted by Gasteiger charge is 2.11. The number of hydrogen-bond acceptors (Lipinski definition) is 5. The van der Waals surface area contributed by atoms with Gasteiger partial charge in [0.1, 0.15) is 34.5 Å². The molecule has 41 heavy (non-hydrogen) atoms. The summed E-state index contributed by atoms with van der Waals surface area (Å²) in [5.74, 6) is 3.27. The molecule has 0 spiro atoms. The van der Waals surface area contributed by atoms with Crippen molar-refractivity contribution in [3.05, 3.63) is 83.9 Å². The normalized spacial score (nSPS) is 11.2. The van der Waals surface area contributed by atoms with Crippen LogP contribution in [-0.2, 0) is 0 Å². The Morgan fingerprint density at radius 1 is 0.683 bits per heavy atom. The zero-order valence-electron chi connectivity index (χ0n) is 24.6. The lowest BCUT2D eigenvalue weighted by molar-refractivity contribution is 0.287. The largest absolute Gasteiger partial charge is 0.494 e. The van der Waals surface area contributed by atoms with Crippen molar-refractivity contribution in [1.82, 2.24) is 10.6 Å². The molecule has 0 bridgehead atoms. The van der Waals surface area contributed by atoms with E-state index in [0.29, 0.717) is 24.9 Å². The van der Waals surface area contributed by atoms with Gasteiger partial charge >= 0.3 is 0 Å². The number of fused-ring (bicyclic) bond motifs is 1. The summed E-state index contributed by atoms with van der Waals surface area (Å²) in [6.07, 6.45) is 4.12. The molecule has 0 aliphatic rings. The van der Waals surface area contributed by atoms with Crippen LogP contribution in [0.5, 0.6) is 11.5 Å². The van der Waals surface area contributed by atoms with Crippen LogP contribution in [0.2, 0.25) is 0 Å². The second kappa shape index (κ2) is 14.4. The highest BCUT2D eigenvalue weighted by molar-refractivity contribution is 6.00. The molecule has 1 heterocycles. The van der Waals surface area contributed by atoms with Gasteiger partial charge < -0.3 is 24.5 Å². The van der Waals surface area contributed by atoms with Gasteiger partial charge in [-0.05, 0) is 102 Å². The van der Waals surface area contributed by atoms with Gasteiger partial charge in [0.15, 0.2) is 0 Å². The van der Waals surface area contributed by atoms with Crippen LogP contribution >= 0.6 is 0 Å². The van der Waals surface area contributed by atoms with E-state index in [9.17, 15) is 0 Å². The molecular weight excluding hydrogens is 512 g/mol. The Labute approximate surface area is 243 Å². The van der Waals surface area contributed by atoms with E-state index in [-0.39, 0.29) is 12.1 Å². The molecule has 0 unspecified atom stereocenters. The van der Waals surface area contributed by atoms with Crippen molar-refractivity contribution in [3.63, 3.8) is 0 Å². The Hall–Kier alpha value is -4.26. The van der Waals surface area contributed by atoms with E-state index in [1.165, 1.54) is 0 Å². The van der Waals surface area contributed by atoms with E-state index in [2.05, 4.69) is 10.6 Å². The lowest BCUT2D eigenvalue weighted by atomic mass is 10.1. The molecule has 0 saturated heterocycles. The standard InChI is InChI=1S/C34H42N4O3/c1-23(2)37-33(35)25-14-16-29(17-15-25)39-18-7-5-6-8-19-40-30-11-9-10-26(20-30)31-21-27-12-13-28(22-32(27)41-31)34(36)38-24(3)4/h9-17,20-24H,5-8,18-19H2,1-4H3,(H2,35,37)(H2,36,38). The number of hydrogen-bond donors (Lipinski definition) is 4. The minimum absolute atomic E-state index is 0.200. The van der Waals surface area contributed by atoms with Crippen LogP contribution in [0.4, 0.5) is 0 Å². The molecule has 0 radical (unpaired) electrons. The molecule has 0 aliphatic carbocycles. The quantitative estimate of drug-likeness (QED) is 0.0724. The van der Waals surface area contributed by atoms with Crippen molar-refractivity contribution in [2.24, 2.45) is 0 Å². The van der Waals surface area contributed by atoms with Crippen LogP contribution in [0.3, 0.4) is 0 Å². The summed E-state index contributed by atoms with van der Waals surface area (Å²) >= 11 is 0. The Kier molecular flexibility index (Phi) is 10.4. The SMILES string of the molecule is CC(C)NC(=N)c1ccc(OCCCCCCOc2cccc(-c3cc4ccc(C(=N)NC(C)C)cc4o3)c2)cc1. The van der Waals surface area contributed by atoms with Gasteiger partial charge in [0.2, 0.25) is 0 Å². The maximum Gasteiger partial charge on any atom is 0.135 e. The second-order valence-corrected chi connectivity index (χ2v) is 10.9. The van der Waals surface area contributed by atoms with E-state index >= 15 is 0 Å². The number of nitrogens with one attached hydrogen (secondary N) is 4. The van der Waals surface area contributed by atoms with E-state index < -0.39 is 0 Å². The van der Waals surface area contributed by atoms with Crippen molar-refractivity contribution >= 4 is 22.6 Å². The summed E-state index contributed by atoms with van der Waals surface area (Å²) < 4.78 is 18.0. The Morgan fingerprint density at radius 2 is 1.29 bits per heavy atom. The first kappa shape index (κ1) is 29.7. The van der Waals surface area contributed by atoms with E-state index in [4.69, 9.17) is 24.7 Å². The van der Waals surface area contributed by atoms with Gasteiger partial charge in [0.25, 0.3) is 0 Å². The Bertz CT molecular complexity index is 1440. The number of benzene rings is 3. The zero-order valence-corrected chi connectivity index (χ0v) is 24.6. The first-order chi connectivity index (χ1) is 19.8. The summed E-state index contributed by atoms with van der Waals surface area (Å²) in [4.78, 5) is 0. The summed E-state index contributed by atoms with van der Waals surface area (Å²) in [6, 6.07) is 24.0. The molecule has 0 saturated carbocycles. The van der Waals surface area contributed by atoms with Crippen LogP contribution in [0.25, 0.3) is 22.3 Å². The fourth-order valence-electron chi connectivity index (χ4n) is 4.47. The Morgan fingerprint density at radius 3 is 1.95 bits per heavy atom. The maximum atomic E-state index is 8.25. The van der Waals surface area contributed by atoms with Gasteiger partial charge in [0, 0.05) is 34.2 Å². The third-order valence-electron chi connectivity index (χ3n) is 6.51. The number of amidine groups is 2. The maximum absolute atomic E-state index is 8.25. The van der Waals surface area contributed by atoms with Gasteiger partial charge in [-0.15, -0.1) is 0 Å². The summed E-state index contributed by atoms with van der Waals surface area (Å²) in [7, 11) is 0. The molecule has 0 fully saturated rings. The molecule has 0 aliphatic heterocycles. The number of ether oxygens (including phenoxy) is 2. The zero-order chi connectivity index (χ0) is 29.2. The Balaban J connectivity index is 1.17. The van der Waals surface area contributed by atoms with Crippen molar-refractivity contribution in [3.8, 4) is 22.8 Å². The van der Waals surface area contributed by atoms with Crippen molar-refractivity contribution in [2.75, 3.05) is 13.2 Å². The van der Waals surface area contributed by atoms with Crippen molar-refractivity contribution in [1.29, 1.82) is 10.8 Å². The van der Waals surface area contributed by atoms with Crippen LogP contribution in [-0.4, -0.2) is 37.0 Å². The van der Waals surface area contributed by atoms with Crippen molar-refractivity contribution in [2.45, 2.75) is 65.5 Å². The van der Waals surface area contributed by atoms with Gasteiger partial charge in [-0.1, -0.05) is 24.3 Å². The molecular formula is C34H42N4O3. The van der Waals surface area contributed by atoms with Crippen LogP contribution in [0.15, 0.2) is 77.2 Å². The predicted octanol–water partition coefficient (Wildman–Crippen LogP) is 7.76. The van der Waals surface area contributed by atoms with Crippen LogP contribution in [0, 0.1) is 10.8 Å². The third-order valence-corrected chi connectivity index (χ3v) is 6.51. The molecule has 7 nitrogen and oxygen atoms in total. The minimum Gasteiger partial charge on any atom is -0.494 e. The summed E-state index contributed by atoms with van der Waals surface area (Å²) in [6.45, 7) is 9.43. The predicted molar refractivity (Wildman–Crippen MR) is 168 cm³/mol. The molecule has 1 aromatic heterocycles. The lowest BCUT2D eigenvalue weighted by Gasteiger charge is -2.12. The van der Waals surface area contributed by atoms with Gasteiger partial charge in [-0.25, -0.2) is 0 Å². The van der Waals surface area contributed by atoms with E-state index in [1.807, 2.05) is 100 Å². The molecule has 3 aromatic carbocycles. The first-order valence-corrected chi connectivity index (χ1v) is 14.5. The molecule has 4 rings (SSSR count). The second-order valence-electron chi connectivity index (χ2n) is 10.9. The molecule has 0 amide bonds. The molecule has 4 N–H and O–H groups in total. The van der Waals surface area contributed by atoms with Crippen LogP contribution < -0.4 is 20.1 Å². The third kappa shape index (κ3) is 8.87. The molecule has 4 aromatic rings. The van der Waals surface area contributed by atoms with Gasteiger partial charge in [-0.3, -0.25) is 10.8 Å². The molecule has 216 valence electrons. The highest BCUT2D eigenvalue weighted by Crippen LogP contribution is 2.30. The van der Waals surface area contributed by atoms with Gasteiger partial charge in [0.05, 0.1) is 13.2 Å². The monoisotopic (exact) mass is 554 g/mol. The molecule has 7 heteroatoms. The summed E-state index contributed by atoms with van der Waals surface area (Å²) in [5.41, 5.74) is 3.40. The summed E-state index contributed by atoms with van der Waals surface area (Å²) in [5, 5.41) is 23.6. The average molecular weight is 555 g/mol. The van der Waals surface area contributed by atoms with Gasteiger partial charge in [-0.2, -0.15) is 0 Å². The number of unbranched alkanes of at least 4 members (excludes halogenated alkanes) is 3. The lowest BCUT2D eigenvalue weighted by Crippen LogP contribution is -2.30. The highest BCUT2D eigenvalue weighted by atomic mass is 16.5. The first-order valence-electron chi connectivity index (χ1n) is 14.5. The number of rotatable bonds is 14. The number of furan rings is 1.